The molecule has 9 heteroatoms. The molecule has 1 heterocycles. The number of nitrogens with zero attached hydrogens (tertiary/aromatic N) is 1. The third-order valence-corrected chi connectivity index (χ3v) is 6.96. The molecular weight excluding hydrogens is 321 g/mol. The summed E-state index contributed by atoms with van der Waals surface area (Å²) in [6.07, 6.45) is 0.192. The molecular formula is C12H16FNO5S2. The summed E-state index contributed by atoms with van der Waals surface area (Å²) in [4.78, 5) is -0.501. The first-order chi connectivity index (χ1) is 9.76. The van der Waals surface area contributed by atoms with Crippen molar-refractivity contribution in [2.24, 2.45) is 0 Å². The standard InChI is InChI=1S/C12H16FNO5S2/c13-11-8-10(9-15)2-3-12(11)21(18,19)14-4-1-6-20(16,17)7-5-14/h2-3,8,15H,1,4-7,9H2. The minimum absolute atomic E-state index is 0.0444. The quantitative estimate of drug-likeness (QED) is 0.846. The Morgan fingerprint density at radius 1 is 1.24 bits per heavy atom. The van der Waals surface area contributed by atoms with Gasteiger partial charge in [0, 0.05) is 13.1 Å². The van der Waals surface area contributed by atoms with Crippen LogP contribution in [0.1, 0.15) is 12.0 Å². The zero-order chi connectivity index (χ0) is 15.7. The molecule has 1 N–H and O–H groups in total. The van der Waals surface area contributed by atoms with E-state index in [9.17, 15) is 21.2 Å². The molecule has 6 nitrogen and oxygen atoms in total. The molecule has 2 rings (SSSR count). The highest BCUT2D eigenvalue weighted by Gasteiger charge is 2.30. The van der Waals surface area contributed by atoms with E-state index in [0.29, 0.717) is 0 Å². The van der Waals surface area contributed by atoms with Gasteiger partial charge in [0.05, 0.1) is 18.1 Å². The highest BCUT2D eigenvalue weighted by atomic mass is 32.2. The number of aliphatic hydroxyl groups is 1. The molecule has 0 unspecified atom stereocenters. The average molecular weight is 337 g/mol. The Bertz CT molecular complexity index is 730. The third kappa shape index (κ3) is 3.60. The molecule has 0 radical (unpaired) electrons. The fraction of sp³-hybridized carbons (Fsp3) is 0.500. The predicted molar refractivity (Wildman–Crippen MR) is 74.4 cm³/mol. The molecule has 118 valence electrons. The Morgan fingerprint density at radius 3 is 2.57 bits per heavy atom. The van der Waals surface area contributed by atoms with Crippen molar-refractivity contribution in [1.82, 2.24) is 4.31 Å². The first-order valence-electron chi connectivity index (χ1n) is 6.36. The van der Waals surface area contributed by atoms with Crippen molar-refractivity contribution in [1.29, 1.82) is 0 Å². The Hall–Kier alpha value is -1.03. The van der Waals surface area contributed by atoms with Gasteiger partial charge in [0.2, 0.25) is 10.0 Å². The van der Waals surface area contributed by atoms with E-state index < -0.39 is 30.6 Å². The van der Waals surface area contributed by atoms with Gasteiger partial charge in [-0.1, -0.05) is 6.07 Å². The Labute approximate surface area is 123 Å². The second-order valence-corrected chi connectivity index (χ2v) is 9.04. The molecule has 21 heavy (non-hydrogen) atoms. The van der Waals surface area contributed by atoms with E-state index in [-0.39, 0.29) is 43.2 Å². The van der Waals surface area contributed by atoms with Gasteiger partial charge < -0.3 is 5.11 Å². The van der Waals surface area contributed by atoms with Gasteiger partial charge in [0.15, 0.2) is 9.84 Å². The molecule has 1 aliphatic rings. The molecule has 1 aromatic rings. The first-order valence-corrected chi connectivity index (χ1v) is 9.62. The van der Waals surface area contributed by atoms with Gasteiger partial charge >= 0.3 is 0 Å². The topological polar surface area (TPSA) is 91.8 Å². The van der Waals surface area contributed by atoms with E-state index in [0.717, 1.165) is 16.4 Å². The maximum Gasteiger partial charge on any atom is 0.246 e. The van der Waals surface area contributed by atoms with Crippen LogP contribution in [0.15, 0.2) is 23.1 Å². The van der Waals surface area contributed by atoms with Crippen LogP contribution in [0.2, 0.25) is 0 Å². The summed E-state index contributed by atoms with van der Waals surface area (Å²) in [5.41, 5.74) is 0.268. The maximum atomic E-state index is 13.9. The fourth-order valence-electron chi connectivity index (χ4n) is 2.15. The summed E-state index contributed by atoms with van der Waals surface area (Å²) in [7, 11) is -7.33. The number of rotatable bonds is 3. The fourth-order valence-corrected chi connectivity index (χ4v) is 5.06. The summed E-state index contributed by atoms with van der Waals surface area (Å²) in [5.74, 6) is -1.28. The number of halogens is 1. The zero-order valence-corrected chi connectivity index (χ0v) is 12.8. The molecule has 0 bridgehead atoms. The van der Waals surface area contributed by atoms with Crippen LogP contribution in [-0.2, 0) is 26.5 Å². The van der Waals surface area contributed by atoms with Gasteiger partial charge in [-0.3, -0.25) is 0 Å². The SMILES string of the molecule is O=S1(=O)CCCN(S(=O)(=O)c2ccc(CO)cc2F)CC1. The monoisotopic (exact) mass is 337 g/mol. The minimum Gasteiger partial charge on any atom is -0.392 e. The molecule has 0 saturated carbocycles. The van der Waals surface area contributed by atoms with Gasteiger partial charge in [0.25, 0.3) is 0 Å². The lowest BCUT2D eigenvalue weighted by molar-refractivity contribution is 0.281. The second kappa shape index (κ2) is 5.99. The van der Waals surface area contributed by atoms with E-state index in [1.165, 1.54) is 6.07 Å². The molecule has 0 aromatic heterocycles. The van der Waals surface area contributed by atoms with Crippen molar-refractivity contribution in [2.45, 2.75) is 17.9 Å². The number of benzene rings is 1. The largest absolute Gasteiger partial charge is 0.392 e. The molecule has 0 atom stereocenters. The van der Waals surface area contributed by atoms with Crippen molar-refractivity contribution < 1.29 is 26.3 Å². The number of sulfone groups is 1. The zero-order valence-electron chi connectivity index (χ0n) is 11.2. The van der Waals surface area contributed by atoms with Crippen molar-refractivity contribution in [3.63, 3.8) is 0 Å². The molecule has 1 saturated heterocycles. The number of hydrogen-bond donors (Lipinski definition) is 1. The number of hydrogen-bond acceptors (Lipinski definition) is 5. The molecule has 1 aliphatic heterocycles. The maximum absolute atomic E-state index is 13.9. The van der Waals surface area contributed by atoms with Crippen LogP contribution in [0.3, 0.4) is 0 Å². The van der Waals surface area contributed by atoms with Gasteiger partial charge in [0.1, 0.15) is 10.7 Å². The Kier molecular flexibility index (Phi) is 4.66. The highest BCUT2D eigenvalue weighted by Crippen LogP contribution is 2.22. The van der Waals surface area contributed by atoms with Crippen LogP contribution >= 0.6 is 0 Å². The highest BCUT2D eigenvalue weighted by molar-refractivity contribution is 7.91. The van der Waals surface area contributed by atoms with E-state index in [4.69, 9.17) is 5.11 Å². The lowest BCUT2D eigenvalue weighted by Gasteiger charge is -2.19. The van der Waals surface area contributed by atoms with Gasteiger partial charge in [-0.25, -0.2) is 21.2 Å². The van der Waals surface area contributed by atoms with Crippen molar-refractivity contribution in [2.75, 3.05) is 24.6 Å². The van der Waals surface area contributed by atoms with E-state index >= 15 is 0 Å². The van der Waals surface area contributed by atoms with Crippen LogP contribution in [0.25, 0.3) is 0 Å². The van der Waals surface area contributed by atoms with Crippen LogP contribution in [-0.4, -0.2) is 50.8 Å². The normalized spacial score (nSPS) is 20.1. The lowest BCUT2D eigenvalue weighted by Crippen LogP contribution is -2.34. The van der Waals surface area contributed by atoms with Gasteiger partial charge in [-0.15, -0.1) is 0 Å². The summed E-state index contributed by atoms with van der Waals surface area (Å²) in [6.45, 7) is -0.520. The predicted octanol–water partition coefficient (Wildman–Crippen LogP) is 0.127. The molecule has 0 aliphatic carbocycles. The summed E-state index contributed by atoms with van der Waals surface area (Å²) in [5, 5.41) is 8.91. The van der Waals surface area contributed by atoms with Crippen LogP contribution in [0, 0.1) is 5.82 Å². The summed E-state index contributed by atoms with van der Waals surface area (Å²) in [6, 6.07) is 3.38. The van der Waals surface area contributed by atoms with Crippen LogP contribution in [0.4, 0.5) is 4.39 Å². The smallest absolute Gasteiger partial charge is 0.246 e. The van der Waals surface area contributed by atoms with Crippen molar-refractivity contribution >= 4 is 19.9 Å². The molecule has 1 fully saturated rings. The minimum atomic E-state index is -4.08. The van der Waals surface area contributed by atoms with Gasteiger partial charge in [-0.05, 0) is 24.1 Å². The van der Waals surface area contributed by atoms with E-state index in [1.807, 2.05) is 0 Å². The van der Waals surface area contributed by atoms with E-state index in [1.54, 1.807) is 0 Å². The Balaban J connectivity index is 2.34. The third-order valence-electron chi connectivity index (χ3n) is 3.31. The summed E-state index contributed by atoms with van der Waals surface area (Å²) < 4.78 is 62.7. The van der Waals surface area contributed by atoms with Crippen LogP contribution in [0.5, 0.6) is 0 Å². The van der Waals surface area contributed by atoms with Gasteiger partial charge in [-0.2, -0.15) is 4.31 Å². The van der Waals surface area contributed by atoms with Crippen molar-refractivity contribution in [3.8, 4) is 0 Å². The van der Waals surface area contributed by atoms with Crippen molar-refractivity contribution in [3.05, 3.63) is 29.6 Å². The average Bonchev–Trinajstić information content (AvgIpc) is 2.59. The Morgan fingerprint density at radius 2 is 1.95 bits per heavy atom. The molecule has 0 amide bonds. The second-order valence-electron chi connectivity index (χ2n) is 4.83. The van der Waals surface area contributed by atoms with E-state index in [2.05, 4.69) is 0 Å². The first kappa shape index (κ1) is 16.3. The number of sulfonamides is 1. The molecule has 1 aromatic carbocycles. The lowest BCUT2D eigenvalue weighted by atomic mass is 10.2. The summed E-state index contributed by atoms with van der Waals surface area (Å²) >= 11 is 0. The number of aliphatic hydroxyl groups excluding tert-OH is 1. The molecule has 0 spiro atoms. The van der Waals surface area contributed by atoms with Crippen LogP contribution < -0.4 is 0 Å².